The Hall–Kier alpha value is -4.37. The summed E-state index contributed by atoms with van der Waals surface area (Å²) in [6, 6.07) is 21.3. The number of hydrazone groups is 1. The number of nitrogens with one attached hydrogen (secondary N) is 1. The second-order valence-corrected chi connectivity index (χ2v) is 10.1. The molecule has 0 aromatic heterocycles. The number of aryl methyl sites for hydroxylation is 2. The lowest BCUT2D eigenvalue weighted by Gasteiger charge is -2.20. The SMILES string of the molecule is COc1cc(/C=C2/C(=N)N3N=C(Cc4ccccc4)SC3=NC2=O)ccc1OCCOc1cc(C)cc(C)c1. The molecule has 2 aliphatic heterocycles. The number of hydrogen-bond donors (Lipinski definition) is 1. The highest BCUT2D eigenvalue weighted by molar-refractivity contribution is 8.26. The summed E-state index contributed by atoms with van der Waals surface area (Å²) in [5, 5.41) is 15.8. The van der Waals surface area contributed by atoms with Gasteiger partial charge < -0.3 is 14.2 Å². The van der Waals surface area contributed by atoms with E-state index in [4.69, 9.17) is 19.6 Å². The zero-order valence-corrected chi connectivity index (χ0v) is 22.7. The number of hydrogen-bond acceptors (Lipinski definition) is 7. The van der Waals surface area contributed by atoms with Crippen LogP contribution in [0.5, 0.6) is 17.2 Å². The smallest absolute Gasteiger partial charge is 0.283 e. The highest BCUT2D eigenvalue weighted by atomic mass is 32.2. The van der Waals surface area contributed by atoms with Crippen molar-refractivity contribution >= 4 is 39.8 Å². The number of ether oxygens (including phenoxy) is 3. The Labute approximate surface area is 231 Å². The van der Waals surface area contributed by atoms with Crippen LogP contribution in [0.3, 0.4) is 0 Å². The second-order valence-electron chi connectivity index (χ2n) is 9.11. The zero-order valence-electron chi connectivity index (χ0n) is 21.9. The number of amidine groups is 2. The summed E-state index contributed by atoms with van der Waals surface area (Å²) in [6.45, 7) is 4.78. The number of fused-ring (bicyclic) bond motifs is 1. The molecule has 2 heterocycles. The van der Waals surface area contributed by atoms with Crippen molar-refractivity contribution in [3.05, 3.63) is 94.6 Å². The van der Waals surface area contributed by atoms with E-state index in [9.17, 15) is 4.79 Å². The van der Waals surface area contributed by atoms with Crippen molar-refractivity contribution < 1.29 is 19.0 Å². The van der Waals surface area contributed by atoms with Gasteiger partial charge in [-0.3, -0.25) is 10.2 Å². The number of amides is 1. The van der Waals surface area contributed by atoms with Crippen LogP contribution in [0.4, 0.5) is 0 Å². The Bertz CT molecular complexity index is 1490. The fourth-order valence-electron chi connectivity index (χ4n) is 4.26. The molecule has 0 radical (unpaired) electrons. The van der Waals surface area contributed by atoms with Crippen LogP contribution >= 0.6 is 11.8 Å². The van der Waals surface area contributed by atoms with E-state index in [-0.39, 0.29) is 11.4 Å². The number of rotatable bonds is 9. The Morgan fingerprint density at radius 3 is 2.44 bits per heavy atom. The van der Waals surface area contributed by atoms with Crippen molar-refractivity contribution in [2.24, 2.45) is 10.1 Å². The quantitative estimate of drug-likeness (QED) is 0.279. The lowest BCUT2D eigenvalue weighted by molar-refractivity contribution is -0.114. The molecule has 0 saturated carbocycles. The number of nitrogens with zero attached hydrogens (tertiary/aromatic N) is 3. The predicted octanol–water partition coefficient (Wildman–Crippen LogP) is 5.63. The third-order valence-electron chi connectivity index (χ3n) is 6.00. The molecule has 0 fully saturated rings. The molecule has 1 N–H and O–H groups in total. The van der Waals surface area contributed by atoms with Crippen molar-refractivity contribution in [2.75, 3.05) is 20.3 Å². The van der Waals surface area contributed by atoms with Crippen LogP contribution in [0.25, 0.3) is 6.08 Å². The van der Waals surface area contributed by atoms with Crippen molar-refractivity contribution in [2.45, 2.75) is 20.3 Å². The van der Waals surface area contributed by atoms with E-state index < -0.39 is 5.91 Å². The molecule has 3 aromatic rings. The standard InChI is InChI=1S/C30H28N4O4S/c1-19-13-20(2)15-23(14-19)37-11-12-38-25-10-9-22(17-26(25)36-3)16-24-28(31)34-30(32-29(24)35)39-27(33-34)18-21-7-5-4-6-8-21/h4-10,13-17,31H,11-12,18H2,1-3H3/b24-16-,31-28?. The third-order valence-corrected chi connectivity index (χ3v) is 6.91. The molecule has 3 aromatic carbocycles. The van der Waals surface area contributed by atoms with Gasteiger partial charge in [-0.25, -0.2) is 0 Å². The van der Waals surface area contributed by atoms with Crippen LogP contribution in [0.15, 0.2) is 82.4 Å². The van der Waals surface area contributed by atoms with Gasteiger partial charge in [0.15, 0.2) is 17.3 Å². The first-order chi connectivity index (χ1) is 18.9. The minimum Gasteiger partial charge on any atom is -0.493 e. The zero-order chi connectivity index (χ0) is 27.4. The molecule has 0 saturated heterocycles. The van der Waals surface area contributed by atoms with Crippen LogP contribution in [0.1, 0.15) is 22.3 Å². The van der Waals surface area contributed by atoms with Crippen LogP contribution in [-0.2, 0) is 11.2 Å². The van der Waals surface area contributed by atoms with Crippen LogP contribution in [0, 0.1) is 19.3 Å². The van der Waals surface area contributed by atoms with Gasteiger partial charge in [-0.15, -0.1) is 0 Å². The number of carbonyl (C=O) groups excluding carboxylic acids is 1. The molecule has 1 amide bonds. The van der Waals surface area contributed by atoms with Gasteiger partial charge in [0.1, 0.15) is 24.0 Å². The molecule has 39 heavy (non-hydrogen) atoms. The van der Waals surface area contributed by atoms with E-state index in [2.05, 4.69) is 16.2 Å². The summed E-state index contributed by atoms with van der Waals surface area (Å²) in [4.78, 5) is 17.0. The number of carbonyl (C=O) groups is 1. The summed E-state index contributed by atoms with van der Waals surface area (Å²) in [5.41, 5.74) is 4.22. The fraction of sp³-hybridized carbons (Fsp3) is 0.200. The van der Waals surface area contributed by atoms with Gasteiger partial charge >= 0.3 is 0 Å². The summed E-state index contributed by atoms with van der Waals surface area (Å²) in [5.74, 6) is 1.39. The molecular weight excluding hydrogens is 512 g/mol. The summed E-state index contributed by atoms with van der Waals surface area (Å²) in [7, 11) is 1.56. The molecule has 5 rings (SSSR count). The number of benzene rings is 3. The Morgan fingerprint density at radius 1 is 0.949 bits per heavy atom. The maximum Gasteiger partial charge on any atom is 0.283 e. The maximum atomic E-state index is 12.8. The van der Waals surface area contributed by atoms with Crippen LogP contribution in [-0.4, -0.2) is 47.3 Å². The van der Waals surface area contributed by atoms with E-state index in [1.807, 2.05) is 56.3 Å². The average molecular weight is 541 g/mol. The van der Waals surface area contributed by atoms with E-state index >= 15 is 0 Å². The lowest BCUT2D eigenvalue weighted by Crippen LogP contribution is -2.35. The molecule has 0 bridgehead atoms. The minimum atomic E-state index is -0.474. The molecular formula is C30H28N4O4S. The van der Waals surface area contributed by atoms with Crippen LogP contribution < -0.4 is 14.2 Å². The lowest BCUT2D eigenvalue weighted by atomic mass is 10.1. The maximum absolute atomic E-state index is 12.8. The highest BCUT2D eigenvalue weighted by Gasteiger charge is 2.35. The molecule has 2 aliphatic rings. The molecule has 0 unspecified atom stereocenters. The molecule has 0 atom stereocenters. The Kier molecular flexibility index (Phi) is 7.79. The fourth-order valence-corrected chi connectivity index (χ4v) is 5.18. The first-order valence-electron chi connectivity index (χ1n) is 12.4. The van der Waals surface area contributed by atoms with Crippen molar-refractivity contribution in [1.29, 1.82) is 5.41 Å². The van der Waals surface area contributed by atoms with Gasteiger partial charge in [0.05, 0.1) is 12.7 Å². The van der Waals surface area contributed by atoms with Crippen LogP contribution in [0.2, 0.25) is 0 Å². The van der Waals surface area contributed by atoms with E-state index in [0.29, 0.717) is 41.9 Å². The third kappa shape index (κ3) is 6.21. The molecule has 9 heteroatoms. The summed E-state index contributed by atoms with van der Waals surface area (Å²) in [6.07, 6.45) is 2.23. The molecule has 0 spiro atoms. The average Bonchev–Trinajstić information content (AvgIpc) is 3.31. The first-order valence-corrected chi connectivity index (χ1v) is 13.3. The van der Waals surface area contributed by atoms with Gasteiger partial charge in [0.2, 0.25) is 5.17 Å². The van der Waals surface area contributed by atoms with Crippen molar-refractivity contribution in [3.8, 4) is 17.2 Å². The first kappa shape index (κ1) is 26.2. The highest BCUT2D eigenvalue weighted by Crippen LogP contribution is 2.32. The largest absolute Gasteiger partial charge is 0.493 e. The normalized spacial score (nSPS) is 15.7. The monoisotopic (exact) mass is 540 g/mol. The molecule has 198 valence electrons. The van der Waals surface area contributed by atoms with E-state index in [1.54, 1.807) is 31.4 Å². The number of aliphatic imine (C=N–C) groups is 1. The van der Waals surface area contributed by atoms with Crippen molar-refractivity contribution in [1.82, 2.24) is 5.01 Å². The van der Waals surface area contributed by atoms with Crippen molar-refractivity contribution in [3.63, 3.8) is 0 Å². The Balaban J connectivity index is 1.25. The predicted molar refractivity (Wildman–Crippen MR) is 155 cm³/mol. The topological polar surface area (TPSA) is 96.6 Å². The van der Waals surface area contributed by atoms with Gasteiger partial charge in [-0.2, -0.15) is 15.1 Å². The molecule has 8 nitrogen and oxygen atoms in total. The van der Waals surface area contributed by atoms with Gasteiger partial charge in [-0.05, 0) is 78.2 Å². The summed E-state index contributed by atoms with van der Waals surface area (Å²) >= 11 is 1.31. The van der Waals surface area contributed by atoms with E-state index in [0.717, 1.165) is 27.5 Å². The second kappa shape index (κ2) is 11.6. The molecule has 0 aliphatic carbocycles. The number of thioether (sulfide) groups is 1. The van der Waals surface area contributed by atoms with Gasteiger partial charge in [0, 0.05) is 6.42 Å². The van der Waals surface area contributed by atoms with Gasteiger partial charge in [0.25, 0.3) is 5.91 Å². The minimum absolute atomic E-state index is 0.0108. The number of methoxy groups -OCH3 is 1. The Morgan fingerprint density at radius 2 is 1.69 bits per heavy atom. The van der Waals surface area contributed by atoms with Gasteiger partial charge in [-0.1, -0.05) is 42.5 Å². The summed E-state index contributed by atoms with van der Waals surface area (Å²) < 4.78 is 17.2. The van der Waals surface area contributed by atoms with E-state index in [1.165, 1.54) is 16.8 Å².